The standard InChI is InChI=1S/C22H20BrN3O3/c23-18-8-6-16(7-9-18)19-10-11-21(27)26(24-19)15-22(28)25-12-13-29-20(14-25)17-4-2-1-3-5-17/h1-11,20H,12-15H2/t20-/m1/s1. The highest BCUT2D eigenvalue weighted by Gasteiger charge is 2.25. The molecule has 0 unspecified atom stereocenters. The molecule has 1 fully saturated rings. The van der Waals surface area contributed by atoms with Crippen LogP contribution in [0.3, 0.4) is 0 Å². The molecule has 148 valence electrons. The van der Waals surface area contributed by atoms with E-state index in [0.29, 0.717) is 25.4 Å². The maximum atomic E-state index is 12.9. The van der Waals surface area contributed by atoms with E-state index >= 15 is 0 Å². The summed E-state index contributed by atoms with van der Waals surface area (Å²) < 4.78 is 8.01. The van der Waals surface area contributed by atoms with Gasteiger partial charge in [-0.3, -0.25) is 9.59 Å². The number of ether oxygens (including phenoxy) is 1. The van der Waals surface area contributed by atoms with E-state index in [0.717, 1.165) is 15.6 Å². The van der Waals surface area contributed by atoms with Crippen LogP contribution in [0.15, 0.2) is 76.0 Å². The lowest BCUT2D eigenvalue weighted by Gasteiger charge is -2.33. The number of nitrogens with zero attached hydrogens (tertiary/aromatic N) is 3. The van der Waals surface area contributed by atoms with Crippen molar-refractivity contribution >= 4 is 21.8 Å². The Morgan fingerprint density at radius 3 is 2.59 bits per heavy atom. The van der Waals surface area contributed by atoms with Crippen LogP contribution in [-0.2, 0) is 16.1 Å². The van der Waals surface area contributed by atoms with E-state index in [1.807, 2.05) is 54.6 Å². The average molecular weight is 454 g/mol. The van der Waals surface area contributed by atoms with Gasteiger partial charge in [0.25, 0.3) is 5.56 Å². The molecule has 7 heteroatoms. The van der Waals surface area contributed by atoms with Gasteiger partial charge in [-0.25, -0.2) is 4.68 Å². The van der Waals surface area contributed by atoms with Crippen molar-refractivity contribution in [2.45, 2.75) is 12.6 Å². The minimum Gasteiger partial charge on any atom is -0.370 e. The van der Waals surface area contributed by atoms with Crippen LogP contribution in [0, 0.1) is 0 Å². The van der Waals surface area contributed by atoms with Crippen molar-refractivity contribution in [1.82, 2.24) is 14.7 Å². The van der Waals surface area contributed by atoms with Crippen LogP contribution in [0.4, 0.5) is 0 Å². The smallest absolute Gasteiger partial charge is 0.267 e. The second-order valence-corrected chi connectivity index (χ2v) is 7.75. The Bertz CT molecular complexity index is 1050. The minimum absolute atomic E-state index is 0.0925. The van der Waals surface area contributed by atoms with E-state index in [1.165, 1.54) is 10.7 Å². The number of rotatable bonds is 4. The minimum atomic E-state index is -0.299. The average Bonchev–Trinajstić information content (AvgIpc) is 2.76. The first-order valence-corrected chi connectivity index (χ1v) is 10.2. The Labute approximate surface area is 176 Å². The van der Waals surface area contributed by atoms with Gasteiger partial charge in [0, 0.05) is 22.6 Å². The van der Waals surface area contributed by atoms with Crippen LogP contribution >= 0.6 is 15.9 Å². The van der Waals surface area contributed by atoms with Gasteiger partial charge in [-0.05, 0) is 23.8 Å². The summed E-state index contributed by atoms with van der Waals surface area (Å²) in [4.78, 5) is 26.8. The lowest BCUT2D eigenvalue weighted by Crippen LogP contribution is -2.44. The first-order chi connectivity index (χ1) is 14.1. The van der Waals surface area contributed by atoms with Crippen molar-refractivity contribution < 1.29 is 9.53 Å². The lowest BCUT2D eigenvalue weighted by molar-refractivity contribution is -0.139. The number of amides is 1. The highest BCUT2D eigenvalue weighted by atomic mass is 79.9. The summed E-state index contributed by atoms with van der Waals surface area (Å²) >= 11 is 3.41. The molecule has 0 saturated carbocycles. The molecular formula is C22H20BrN3O3. The van der Waals surface area contributed by atoms with Crippen LogP contribution in [0.2, 0.25) is 0 Å². The predicted octanol–water partition coefficient (Wildman–Crippen LogP) is 3.27. The van der Waals surface area contributed by atoms with Crippen molar-refractivity contribution in [3.63, 3.8) is 0 Å². The molecule has 4 rings (SSSR count). The third-order valence-corrected chi connectivity index (χ3v) is 5.41. The zero-order chi connectivity index (χ0) is 20.2. The molecule has 1 aromatic heterocycles. The van der Waals surface area contributed by atoms with Gasteiger partial charge in [0.15, 0.2) is 0 Å². The topological polar surface area (TPSA) is 64.4 Å². The third kappa shape index (κ3) is 4.63. The molecule has 0 spiro atoms. The molecule has 0 N–H and O–H groups in total. The van der Waals surface area contributed by atoms with Gasteiger partial charge in [0.05, 0.1) is 18.8 Å². The van der Waals surface area contributed by atoms with Crippen molar-refractivity contribution in [1.29, 1.82) is 0 Å². The summed E-state index contributed by atoms with van der Waals surface area (Å²) in [7, 11) is 0. The van der Waals surface area contributed by atoms with Gasteiger partial charge in [-0.1, -0.05) is 58.4 Å². The summed E-state index contributed by atoms with van der Waals surface area (Å²) in [5.74, 6) is -0.142. The van der Waals surface area contributed by atoms with Crippen molar-refractivity contribution in [3.8, 4) is 11.3 Å². The van der Waals surface area contributed by atoms with Crippen molar-refractivity contribution in [2.75, 3.05) is 19.7 Å². The Hall–Kier alpha value is -2.77. The van der Waals surface area contributed by atoms with E-state index in [2.05, 4.69) is 21.0 Å². The second kappa shape index (κ2) is 8.71. The SMILES string of the molecule is O=C(Cn1nc(-c2ccc(Br)cc2)ccc1=O)N1CCO[C@@H](c2ccccc2)C1. The number of hydrogen-bond acceptors (Lipinski definition) is 4. The molecular weight excluding hydrogens is 434 g/mol. The highest BCUT2D eigenvalue weighted by Crippen LogP contribution is 2.22. The van der Waals surface area contributed by atoms with Crippen LogP contribution in [0.5, 0.6) is 0 Å². The Morgan fingerprint density at radius 2 is 1.83 bits per heavy atom. The maximum Gasteiger partial charge on any atom is 0.267 e. The van der Waals surface area contributed by atoms with Gasteiger partial charge in [0.2, 0.25) is 5.91 Å². The van der Waals surface area contributed by atoms with E-state index in [1.54, 1.807) is 11.0 Å². The van der Waals surface area contributed by atoms with Gasteiger partial charge >= 0.3 is 0 Å². The Morgan fingerprint density at radius 1 is 1.07 bits per heavy atom. The van der Waals surface area contributed by atoms with E-state index in [9.17, 15) is 9.59 Å². The summed E-state index contributed by atoms with van der Waals surface area (Å²) in [5.41, 5.74) is 2.27. The zero-order valence-corrected chi connectivity index (χ0v) is 17.3. The largest absolute Gasteiger partial charge is 0.370 e. The van der Waals surface area contributed by atoms with Gasteiger partial charge in [0.1, 0.15) is 12.6 Å². The predicted molar refractivity (Wildman–Crippen MR) is 113 cm³/mol. The van der Waals surface area contributed by atoms with Crippen LogP contribution in [-0.4, -0.2) is 40.3 Å². The molecule has 1 aliphatic rings. The molecule has 1 saturated heterocycles. The number of halogens is 1. The van der Waals surface area contributed by atoms with Gasteiger partial charge in [-0.2, -0.15) is 5.10 Å². The van der Waals surface area contributed by atoms with Crippen molar-refractivity contribution in [2.24, 2.45) is 0 Å². The van der Waals surface area contributed by atoms with Crippen molar-refractivity contribution in [3.05, 3.63) is 87.1 Å². The Balaban J connectivity index is 1.50. The summed E-state index contributed by atoms with van der Waals surface area (Å²) in [6.45, 7) is 1.34. The van der Waals surface area contributed by atoms with E-state index in [-0.39, 0.29) is 24.1 Å². The molecule has 0 aliphatic carbocycles. The monoisotopic (exact) mass is 453 g/mol. The highest BCUT2D eigenvalue weighted by molar-refractivity contribution is 9.10. The second-order valence-electron chi connectivity index (χ2n) is 6.83. The van der Waals surface area contributed by atoms with Crippen LogP contribution in [0.25, 0.3) is 11.3 Å². The zero-order valence-electron chi connectivity index (χ0n) is 15.7. The summed E-state index contributed by atoms with van der Waals surface area (Å²) in [6.07, 6.45) is -0.160. The van der Waals surface area contributed by atoms with Gasteiger partial charge < -0.3 is 9.64 Å². The molecule has 2 aromatic carbocycles. The van der Waals surface area contributed by atoms with Gasteiger partial charge in [-0.15, -0.1) is 0 Å². The molecule has 6 nitrogen and oxygen atoms in total. The number of benzene rings is 2. The molecule has 1 amide bonds. The number of carbonyl (C=O) groups is 1. The normalized spacial score (nSPS) is 16.6. The number of aromatic nitrogens is 2. The molecule has 29 heavy (non-hydrogen) atoms. The fourth-order valence-corrected chi connectivity index (χ4v) is 3.57. The first-order valence-electron chi connectivity index (χ1n) is 9.38. The number of hydrogen-bond donors (Lipinski definition) is 0. The lowest BCUT2D eigenvalue weighted by atomic mass is 10.1. The number of carbonyl (C=O) groups excluding carboxylic acids is 1. The Kier molecular flexibility index (Phi) is 5.87. The molecule has 2 heterocycles. The summed E-state index contributed by atoms with van der Waals surface area (Å²) in [5, 5.41) is 4.39. The fraction of sp³-hybridized carbons (Fsp3) is 0.227. The number of morpholine rings is 1. The molecule has 0 bridgehead atoms. The molecule has 1 atom stereocenters. The van der Waals surface area contributed by atoms with E-state index < -0.39 is 0 Å². The quantitative estimate of drug-likeness (QED) is 0.607. The third-order valence-electron chi connectivity index (χ3n) is 4.88. The summed E-state index contributed by atoms with van der Waals surface area (Å²) in [6, 6.07) is 20.6. The fourth-order valence-electron chi connectivity index (χ4n) is 3.31. The van der Waals surface area contributed by atoms with Crippen LogP contribution in [0.1, 0.15) is 11.7 Å². The molecule has 0 radical (unpaired) electrons. The molecule has 1 aliphatic heterocycles. The van der Waals surface area contributed by atoms with Crippen LogP contribution < -0.4 is 5.56 Å². The first kappa shape index (κ1) is 19.5. The van der Waals surface area contributed by atoms with E-state index in [4.69, 9.17) is 4.74 Å². The maximum absolute atomic E-state index is 12.9. The molecule has 3 aromatic rings.